The maximum absolute atomic E-state index is 12.4. The Bertz CT molecular complexity index is 563. The zero-order valence-corrected chi connectivity index (χ0v) is 14.2. The minimum Gasteiger partial charge on any atom is -0.365 e. The van der Waals surface area contributed by atoms with Gasteiger partial charge in [0.1, 0.15) is 6.17 Å². The van der Waals surface area contributed by atoms with Crippen molar-refractivity contribution in [3.8, 4) is 0 Å². The van der Waals surface area contributed by atoms with E-state index in [2.05, 4.69) is 21.4 Å². The summed E-state index contributed by atoms with van der Waals surface area (Å²) < 4.78 is 24.8. The summed E-state index contributed by atoms with van der Waals surface area (Å²) >= 11 is 12.0. The van der Waals surface area contributed by atoms with Crippen LogP contribution in [-0.4, -0.2) is 42.9 Å². The van der Waals surface area contributed by atoms with E-state index in [1.54, 1.807) is 38.3 Å². The largest absolute Gasteiger partial charge is 0.365 e. The molecule has 0 aromatic carbocycles. The standard InChI is InChI=1S/C11H19Cl2N5O2S/c1-6(2)21(19,20)10-8(5-18(3)17-10)15-9-7(12)4-14-11(13)16-9/h4-6,9-11,14-17H,1-3H3. The molecule has 7 nitrogen and oxygen atoms in total. The summed E-state index contributed by atoms with van der Waals surface area (Å²) in [5.41, 5.74) is 2.92. The van der Waals surface area contributed by atoms with Crippen molar-refractivity contribution in [1.82, 2.24) is 26.4 Å². The van der Waals surface area contributed by atoms with Gasteiger partial charge in [-0.1, -0.05) is 23.2 Å². The van der Waals surface area contributed by atoms with Crippen molar-refractivity contribution >= 4 is 33.0 Å². The minimum absolute atomic E-state index is 0.458. The molecule has 0 aromatic heterocycles. The van der Waals surface area contributed by atoms with Gasteiger partial charge in [-0.2, -0.15) is 0 Å². The molecule has 3 unspecified atom stereocenters. The van der Waals surface area contributed by atoms with Crippen LogP contribution in [0, 0.1) is 0 Å². The summed E-state index contributed by atoms with van der Waals surface area (Å²) in [6, 6.07) is 0. The summed E-state index contributed by atoms with van der Waals surface area (Å²) in [7, 11) is -1.63. The molecule has 2 aliphatic heterocycles. The molecule has 0 radical (unpaired) electrons. The Morgan fingerprint density at radius 2 is 2.10 bits per heavy atom. The summed E-state index contributed by atoms with van der Waals surface area (Å²) in [6.07, 6.45) is 2.80. The maximum atomic E-state index is 12.4. The van der Waals surface area contributed by atoms with Crippen LogP contribution in [0.15, 0.2) is 23.1 Å². The van der Waals surface area contributed by atoms with E-state index in [0.29, 0.717) is 10.7 Å². The lowest BCUT2D eigenvalue weighted by Gasteiger charge is -2.30. The first-order chi connectivity index (χ1) is 9.71. The number of hydrogen-bond donors (Lipinski definition) is 4. The lowest BCUT2D eigenvalue weighted by molar-refractivity contribution is 0.354. The summed E-state index contributed by atoms with van der Waals surface area (Å²) in [6.45, 7) is 3.30. The van der Waals surface area contributed by atoms with Crippen LogP contribution < -0.4 is 21.4 Å². The molecule has 4 N–H and O–H groups in total. The predicted octanol–water partition coefficient (Wildman–Crippen LogP) is 0.138. The van der Waals surface area contributed by atoms with Gasteiger partial charge in [-0.25, -0.2) is 13.8 Å². The van der Waals surface area contributed by atoms with Gasteiger partial charge >= 0.3 is 0 Å². The van der Waals surface area contributed by atoms with E-state index in [0.717, 1.165) is 0 Å². The summed E-state index contributed by atoms with van der Waals surface area (Å²) in [4.78, 5) is 0. The second-order valence-corrected chi connectivity index (χ2v) is 8.61. The van der Waals surface area contributed by atoms with Crippen molar-refractivity contribution in [3.05, 3.63) is 23.1 Å². The highest BCUT2D eigenvalue weighted by molar-refractivity contribution is 7.92. The van der Waals surface area contributed by atoms with Crippen LogP contribution in [0.3, 0.4) is 0 Å². The van der Waals surface area contributed by atoms with Crippen molar-refractivity contribution in [2.24, 2.45) is 0 Å². The first-order valence-corrected chi connectivity index (χ1v) is 8.86. The smallest absolute Gasteiger partial charge is 0.175 e. The van der Waals surface area contributed by atoms with Gasteiger partial charge in [-0.15, -0.1) is 0 Å². The Hall–Kier alpha value is -0.670. The molecule has 2 rings (SSSR count). The molecule has 10 heteroatoms. The van der Waals surface area contributed by atoms with Crippen LogP contribution in [0.2, 0.25) is 0 Å². The van der Waals surface area contributed by atoms with Crippen LogP contribution in [0.5, 0.6) is 0 Å². The molecule has 0 aliphatic carbocycles. The van der Waals surface area contributed by atoms with Crippen molar-refractivity contribution in [1.29, 1.82) is 0 Å². The molecule has 0 fully saturated rings. The quantitative estimate of drug-likeness (QED) is 0.421. The van der Waals surface area contributed by atoms with Crippen LogP contribution in [0.1, 0.15) is 13.8 Å². The van der Waals surface area contributed by atoms with Gasteiger partial charge in [0.2, 0.25) is 0 Å². The summed E-state index contributed by atoms with van der Waals surface area (Å²) in [5, 5.41) is 9.59. The SMILES string of the molecule is CC(C)S(=O)(=O)C1NN(C)C=C1NC1NC(Cl)NC=C1Cl. The molecule has 0 saturated heterocycles. The fourth-order valence-corrected chi connectivity index (χ4v) is 3.70. The monoisotopic (exact) mass is 355 g/mol. The van der Waals surface area contributed by atoms with Gasteiger partial charge in [0.15, 0.2) is 20.8 Å². The molecule has 0 bridgehead atoms. The molecule has 0 aromatic rings. The number of nitrogens with one attached hydrogen (secondary N) is 4. The van der Waals surface area contributed by atoms with Crippen LogP contribution in [0.4, 0.5) is 0 Å². The van der Waals surface area contributed by atoms with Gasteiger partial charge in [-0.3, -0.25) is 5.32 Å². The van der Waals surface area contributed by atoms with E-state index in [-0.39, 0.29) is 0 Å². The van der Waals surface area contributed by atoms with Gasteiger partial charge in [0.25, 0.3) is 0 Å². The third kappa shape index (κ3) is 3.57. The number of rotatable bonds is 4. The minimum atomic E-state index is -3.36. The molecule has 0 amide bonds. The van der Waals surface area contributed by atoms with Crippen LogP contribution in [0.25, 0.3) is 0 Å². The zero-order chi connectivity index (χ0) is 15.8. The van der Waals surface area contributed by atoms with Gasteiger partial charge < -0.3 is 15.6 Å². The van der Waals surface area contributed by atoms with Crippen molar-refractivity contribution in [3.63, 3.8) is 0 Å². The van der Waals surface area contributed by atoms with Gasteiger partial charge in [0.05, 0.1) is 16.0 Å². The molecular formula is C11H19Cl2N5O2S. The first kappa shape index (κ1) is 16.7. The number of halogens is 2. The number of alkyl halides is 1. The highest BCUT2D eigenvalue weighted by Gasteiger charge is 2.37. The van der Waals surface area contributed by atoms with Crippen LogP contribution >= 0.6 is 23.2 Å². The second kappa shape index (κ2) is 6.21. The van der Waals surface area contributed by atoms with Crippen LogP contribution in [-0.2, 0) is 9.84 Å². The fraction of sp³-hybridized carbons (Fsp3) is 0.636. The van der Waals surface area contributed by atoms with Crippen molar-refractivity contribution < 1.29 is 8.42 Å². The Morgan fingerprint density at radius 1 is 1.43 bits per heavy atom. The third-order valence-electron chi connectivity index (χ3n) is 3.19. The van der Waals surface area contributed by atoms with E-state index in [4.69, 9.17) is 23.2 Å². The first-order valence-electron chi connectivity index (χ1n) is 6.43. The summed E-state index contributed by atoms with van der Waals surface area (Å²) in [5.74, 6) is 0. The number of nitrogens with zero attached hydrogens (tertiary/aromatic N) is 1. The molecule has 21 heavy (non-hydrogen) atoms. The van der Waals surface area contributed by atoms with Crippen molar-refractivity contribution in [2.45, 2.75) is 36.3 Å². The molecular weight excluding hydrogens is 337 g/mol. The average molecular weight is 356 g/mol. The van der Waals surface area contributed by atoms with Crippen molar-refractivity contribution in [2.75, 3.05) is 7.05 Å². The van der Waals surface area contributed by atoms with E-state index >= 15 is 0 Å². The molecule has 0 spiro atoms. The molecule has 120 valence electrons. The predicted molar refractivity (Wildman–Crippen MR) is 83.6 cm³/mol. The third-order valence-corrected chi connectivity index (χ3v) is 6.10. The molecule has 0 saturated carbocycles. The van der Waals surface area contributed by atoms with E-state index in [1.807, 2.05) is 0 Å². The number of sulfone groups is 1. The number of hydrogen-bond acceptors (Lipinski definition) is 7. The Labute approximate surface area is 134 Å². The highest BCUT2D eigenvalue weighted by atomic mass is 35.5. The second-order valence-electron chi connectivity index (χ2n) is 5.14. The zero-order valence-electron chi connectivity index (χ0n) is 11.9. The normalized spacial score (nSPS) is 30.0. The Balaban J connectivity index is 2.19. The Kier molecular flexibility index (Phi) is 4.94. The average Bonchev–Trinajstić information content (AvgIpc) is 2.75. The number of hydrazine groups is 1. The lowest BCUT2D eigenvalue weighted by Crippen LogP contribution is -2.55. The lowest BCUT2D eigenvalue weighted by atomic mass is 10.3. The van der Waals surface area contributed by atoms with E-state index in [1.165, 1.54) is 0 Å². The molecule has 2 aliphatic rings. The topological polar surface area (TPSA) is 85.5 Å². The van der Waals surface area contributed by atoms with Gasteiger partial charge in [0, 0.05) is 19.4 Å². The van der Waals surface area contributed by atoms with Gasteiger partial charge in [-0.05, 0) is 13.8 Å². The Morgan fingerprint density at radius 3 is 2.71 bits per heavy atom. The molecule has 3 atom stereocenters. The van der Waals surface area contributed by atoms with E-state index < -0.39 is 32.3 Å². The van der Waals surface area contributed by atoms with E-state index in [9.17, 15) is 8.42 Å². The maximum Gasteiger partial charge on any atom is 0.175 e. The highest BCUT2D eigenvalue weighted by Crippen LogP contribution is 2.21. The molecule has 2 heterocycles. The fourth-order valence-electron chi connectivity index (χ4n) is 1.99.